The van der Waals surface area contributed by atoms with Crippen LogP contribution in [0.4, 0.5) is 11.4 Å². The van der Waals surface area contributed by atoms with Gasteiger partial charge in [0.15, 0.2) is 0 Å². The fourth-order valence-corrected chi connectivity index (χ4v) is 5.03. The predicted molar refractivity (Wildman–Crippen MR) is 119 cm³/mol. The fourth-order valence-electron chi connectivity index (χ4n) is 4.04. The Morgan fingerprint density at radius 3 is 2.90 bits per heavy atom. The summed E-state index contributed by atoms with van der Waals surface area (Å²) in [5, 5.41) is 19.2. The van der Waals surface area contributed by atoms with Crippen molar-refractivity contribution in [2.45, 2.75) is 43.0 Å². The Balaban J connectivity index is 1.76. The number of fused-ring (bicyclic) bond motifs is 4. The van der Waals surface area contributed by atoms with Crippen LogP contribution < -0.4 is 14.4 Å². The van der Waals surface area contributed by atoms with Crippen LogP contribution in [0.5, 0.6) is 5.75 Å². The summed E-state index contributed by atoms with van der Waals surface area (Å²) in [6.45, 7) is 1.51. The molecule has 2 aromatic carbocycles. The molecule has 1 saturated heterocycles. The molecule has 0 saturated carbocycles. The molecule has 0 spiro atoms. The molecular weight excluding hydrogens is 422 g/mol. The van der Waals surface area contributed by atoms with E-state index in [9.17, 15) is 15.2 Å². The highest BCUT2D eigenvalue weighted by Crippen LogP contribution is 2.40. The van der Waals surface area contributed by atoms with Gasteiger partial charge in [-0.25, -0.2) is 4.79 Å². The van der Waals surface area contributed by atoms with Crippen LogP contribution in [0.3, 0.4) is 0 Å². The highest BCUT2D eigenvalue weighted by atomic mass is 35.5. The van der Waals surface area contributed by atoms with E-state index in [2.05, 4.69) is 15.7 Å². The number of piperidine rings is 1. The second-order valence-corrected chi connectivity index (χ2v) is 8.72. The van der Waals surface area contributed by atoms with E-state index in [0.29, 0.717) is 33.9 Å². The van der Waals surface area contributed by atoms with E-state index in [0.717, 1.165) is 43.6 Å². The maximum atomic E-state index is 11.4. The molecule has 0 aromatic heterocycles. The first-order valence-electron chi connectivity index (χ1n) is 10.00. The molecular formula is C22H22ClN3O3S. The largest absolute Gasteiger partial charge is 0.492 e. The molecule has 1 unspecified atom stereocenters. The van der Waals surface area contributed by atoms with Gasteiger partial charge in [0.05, 0.1) is 39.0 Å². The fraction of sp³-hybridized carbons (Fsp3) is 0.364. The van der Waals surface area contributed by atoms with Crippen molar-refractivity contribution in [3.05, 3.63) is 46.5 Å². The van der Waals surface area contributed by atoms with Gasteiger partial charge in [-0.05, 0) is 74.4 Å². The molecule has 2 N–H and O–H groups in total. The van der Waals surface area contributed by atoms with E-state index in [1.807, 2.05) is 6.07 Å². The summed E-state index contributed by atoms with van der Waals surface area (Å²) in [7, 11) is 0. The van der Waals surface area contributed by atoms with E-state index in [1.165, 1.54) is 18.4 Å². The molecule has 0 aliphatic carbocycles. The maximum absolute atomic E-state index is 11.4. The normalized spacial score (nSPS) is 18.8. The van der Waals surface area contributed by atoms with E-state index in [4.69, 9.17) is 16.3 Å². The Bertz CT molecular complexity index is 1010. The van der Waals surface area contributed by atoms with Gasteiger partial charge in [-0.15, -0.1) is 0 Å². The molecule has 0 amide bonds. The second-order valence-electron chi connectivity index (χ2n) is 7.47. The monoisotopic (exact) mass is 443 g/mol. The second kappa shape index (κ2) is 9.07. The highest BCUT2D eigenvalue weighted by molar-refractivity contribution is 8.00. The summed E-state index contributed by atoms with van der Waals surface area (Å²) in [6.07, 6.45) is 5.32. The van der Waals surface area contributed by atoms with Crippen molar-refractivity contribution in [3.63, 3.8) is 0 Å². The minimum Gasteiger partial charge on any atom is -0.492 e. The Hall–Kier alpha value is -2.56. The molecule has 2 heterocycles. The lowest BCUT2D eigenvalue weighted by atomic mass is 9.96. The lowest BCUT2D eigenvalue weighted by molar-refractivity contribution is 0.0696. The number of nitrogens with zero attached hydrogens (tertiary/aromatic N) is 2. The van der Waals surface area contributed by atoms with Gasteiger partial charge in [-0.3, -0.25) is 0 Å². The third-order valence-corrected chi connectivity index (χ3v) is 6.72. The first-order valence-corrected chi connectivity index (χ1v) is 11.2. The predicted octanol–water partition coefficient (Wildman–Crippen LogP) is 5.56. The Kier molecular flexibility index (Phi) is 6.26. The number of rotatable bonds is 1. The maximum Gasteiger partial charge on any atom is 0.335 e. The van der Waals surface area contributed by atoms with Crippen LogP contribution in [0.1, 0.15) is 48.0 Å². The number of halogens is 1. The number of ether oxygens (including phenoxy) is 1. The summed E-state index contributed by atoms with van der Waals surface area (Å²) in [6, 6.07) is 11.0. The molecule has 2 aliphatic heterocycles. The quantitative estimate of drug-likeness (QED) is 0.558. The number of aromatic carboxylic acids is 1. The lowest BCUT2D eigenvalue weighted by Crippen LogP contribution is -2.40. The number of carboxylic acids is 1. The number of hydrogen-bond acceptors (Lipinski definition) is 6. The van der Waals surface area contributed by atoms with Crippen LogP contribution in [-0.2, 0) is 0 Å². The summed E-state index contributed by atoms with van der Waals surface area (Å²) in [5.41, 5.74) is 2.37. The van der Waals surface area contributed by atoms with Crippen molar-refractivity contribution in [1.82, 2.24) is 0 Å². The SMILES string of the molecule is N#Cc1cc2c(cc1Cl)N1CCCCC1CCCOc1ccc(C(=O)O)cc1SN2. The Labute approximate surface area is 184 Å². The van der Waals surface area contributed by atoms with Crippen molar-refractivity contribution < 1.29 is 14.6 Å². The third kappa shape index (κ3) is 4.30. The number of nitrogens with one attached hydrogen (secondary N) is 1. The molecule has 30 heavy (non-hydrogen) atoms. The zero-order chi connectivity index (χ0) is 21.1. The van der Waals surface area contributed by atoms with Gasteiger partial charge in [0.2, 0.25) is 0 Å². The zero-order valence-corrected chi connectivity index (χ0v) is 17.9. The van der Waals surface area contributed by atoms with Crippen LogP contribution >= 0.6 is 23.5 Å². The summed E-state index contributed by atoms with van der Waals surface area (Å²) in [4.78, 5) is 14.5. The average molecular weight is 444 g/mol. The minimum absolute atomic E-state index is 0.198. The van der Waals surface area contributed by atoms with Gasteiger partial charge >= 0.3 is 5.97 Å². The van der Waals surface area contributed by atoms with Gasteiger partial charge in [-0.1, -0.05) is 11.6 Å². The summed E-state index contributed by atoms with van der Waals surface area (Å²) in [5.74, 6) is -0.339. The highest BCUT2D eigenvalue weighted by Gasteiger charge is 2.26. The van der Waals surface area contributed by atoms with E-state index < -0.39 is 5.97 Å². The number of carbonyl (C=O) groups is 1. The number of nitriles is 1. The molecule has 0 radical (unpaired) electrons. The van der Waals surface area contributed by atoms with Gasteiger partial charge in [-0.2, -0.15) is 5.26 Å². The van der Waals surface area contributed by atoms with Crippen molar-refractivity contribution in [1.29, 1.82) is 5.26 Å². The van der Waals surface area contributed by atoms with Gasteiger partial charge in [0, 0.05) is 12.6 Å². The first kappa shape index (κ1) is 20.7. The van der Waals surface area contributed by atoms with Crippen molar-refractivity contribution >= 4 is 40.9 Å². The standard InChI is InChI=1S/C22H22ClN3O3S/c23-17-12-19-18(10-15(17)13-24)25-30-21-11-14(22(27)28)6-7-20(21)29-9-3-5-16-4-1-2-8-26(16)19/h6-7,10-12,16,25H,1-5,8-9H2,(H,27,28). The van der Waals surface area contributed by atoms with Crippen molar-refractivity contribution in [2.75, 3.05) is 22.8 Å². The first-order chi connectivity index (χ1) is 14.6. The van der Waals surface area contributed by atoms with Gasteiger partial charge in [0.1, 0.15) is 11.8 Å². The zero-order valence-electron chi connectivity index (χ0n) is 16.4. The average Bonchev–Trinajstić information content (AvgIpc) is 2.75. The van der Waals surface area contributed by atoms with E-state index >= 15 is 0 Å². The third-order valence-electron chi connectivity index (χ3n) is 5.54. The molecule has 0 bridgehead atoms. The van der Waals surface area contributed by atoms with Crippen molar-refractivity contribution in [3.8, 4) is 11.8 Å². The van der Waals surface area contributed by atoms with E-state index in [1.54, 1.807) is 24.3 Å². The molecule has 1 atom stereocenters. The van der Waals surface area contributed by atoms with Crippen LogP contribution in [0, 0.1) is 11.3 Å². The van der Waals surface area contributed by atoms with E-state index in [-0.39, 0.29) is 5.56 Å². The smallest absolute Gasteiger partial charge is 0.335 e. The number of benzene rings is 2. The number of anilines is 2. The number of carboxylic acid groups (broad SMARTS) is 1. The van der Waals surface area contributed by atoms with Crippen LogP contribution in [0.15, 0.2) is 35.2 Å². The number of hydrogen-bond donors (Lipinski definition) is 2. The molecule has 6 nitrogen and oxygen atoms in total. The summed E-state index contributed by atoms with van der Waals surface area (Å²) < 4.78 is 9.31. The molecule has 156 valence electrons. The van der Waals surface area contributed by atoms with Crippen LogP contribution in [-0.4, -0.2) is 30.3 Å². The van der Waals surface area contributed by atoms with Crippen LogP contribution in [0.2, 0.25) is 5.02 Å². The molecule has 1 fully saturated rings. The Morgan fingerprint density at radius 1 is 1.27 bits per heavy atom. The van der Waals surface area contributed by atoms with Gasteiger partial charge < -0.3 is 19.5 Å². The molecule has 2 aromatic rings. The lowest BCUT2D eigenvalue weighted by Gasteiger charge is -2.39. The van der Waals surface area contributed by atoms with Crippen molar-refractivity contribution in [2.24, 2.45) is 0 Å². The molecule has 2 aliphatic rings. The van der Waals surface area contributed by atoms with Crippen LogP contribution in [0.25, 0.3) is 0 Å². The topological polar surface area (TPSA) is 85.6 Å². The summed E-state index contributed by atoms with van der Waals surface area (Å²) >= 11 is 7.67. The Morgan fingerprint density at radius 2 is 2.10 bits per heavy atom. The molecule has 4 rings (SSSR count). The molecule has 8 heteroatoms. The van der Waals surface area contributed by atoms with Gasteiger partial charge in [0.25, 0.3) is 0 Å². The minimum atomic E-state index is -0.986.